The van der Waals surface area contributed by atoms with Crippen LogP contribution in [0.3, 0.4) is 0 Å². The number of nitrogens with zero attached hydrogens (tertiary/aromatic N) is 4. The molecule has 2 heterocycles. The largest absolute Gasteiger partial charge is 0.383 e. The molecule has 17 heavy (non-hydrogen) atoms. The molecule has 1 saturated heterocycles. The van der Waals surface area contributed by atoms with Crippen molar-refractivity contribution in [2.24, 2.45) is 5.92 Å². The van der Waals surface area contributed by atoms with Crippen LogP contribution in [0, 0.1) is 5.92 Å². The zero-order valence-electron chi connectivity index (χ0n) is 10.1. The van der Waals surface area contributed by atoms with Crippen molar-refractivity contribution in [2.45, 2.75) is 19.5 Å². The Bertz CT molecular complexity index is 326. The molecule has 96 valence electrons. The predicted octanol–water partition coefficient (Wildman–Crippen LogP) is 0.162. The molecular formula is C10H19N5OS. The van der Waals surface area contributed by atoms with Crippen LogP contribution < -0.4 is 5.32 Å². The molecule has 1 unspecified atom stereocenters. The topological polar surface area (TPSA) is 64.9 Å². The van der Waals surface area contributed by atoms with Crippen molar-refractivity contribution < 1.29 is 4.74 Å². The second-order valence-corrected chi connectivity index (χ2v) is 5.33. The summed E-state index contributed by atoms with van der Waals surface area (Å²) < 4.78 is 6.90. The Labute approximate surface area is 105 Å². The van der Waals surface area contributed by atoms with E-state index in [1.165, 1.54) is 17.9 Å². The molecule has 1 aromatic rings. The molecule has 0 radical (unpaired) electrons. The van der Waals surface area contributed by atoms with Gasteiger partial charge in [0.15, 0.2) is 5.82 Å². The number of rotatable bonds is 7. The molecular weight excluding hydrogens is 238 g/mol. The minimum atomic E-state index is 0.705. The van der Waals surface area contributed by atoms with Crippen LogP contribution in [-0.4, -0.2) is 52.0 Å². The van der Waals surface area contributed by atoms with Crippen LogP contribution in [-0.2, 0) is 17.8 Å². The third-order valence-electron chi connectivity index (χ3n) is 2.83. The third kappa shape index (κ3) is 3.93. The first-order valence-corrected chi connectivity index (χ1v) is 7.08. The van der Waals surface area contributed by atoms with E-state index >= 15 is 0 Å². The summed E-state index contributed by atoms with van der Waals surface area (Å²) in [5, 5.41) is 15.1. The van der Waals surface area contributed by atoms with Crippen LogP contribution in [0.2, 0.25) is 0 Å². The van der Waals surface area contributed by atoms with Crippen molar-refractivity contribution >= 4 is 11.8 Å². The molecule has 0 amide bonds. The van der Waals surface area contributed by atoms with Gasteiger partial charge < -0.3 is 10.1 Å². The number of aromatic nitrogens is 4. The lowest BCUT2D eigenvalue weighted by molar-refractivity contribution is 0.198. The van der Waals surface area contributed by atoms with Gasteiger partial charge in [0.05, 0.1) is 13.2 Å². The quantitative estimate of drug-likeness (QED) is 0.702. The van der Waals surface area contributed by atoms with Gasteiger partial charge in [0.2, 0.25) is 0 Å². The van der Waals surface area contributed by atoms with E-state index in [-0.39, 0.29) is 0 Å². The van der Waals surface area contributed by atoms with Crippen LogP contribution >= 0.6 is 11.8 Å². The monoisotopic (exact) mass is 257 g/mol. The molecule has 1 aromatic heterocycles. The van der Waals surface area contributed by atoms with Gasteiger partial charge in [-0.05, 0) is 34.3 Å². The first kappa shape index (κ1) is 12.8. The van der Waals surface area contributed by atoms with Crippen molar-refractivity contribution in [3.63, 3.8) is 0 Å². The van der Waals surface area contributed by atoms with Gasteiger partial charge >= 0.3 is 0 Å². The van der Waals surface area contributed by atoms with Crippen LogP contribution in [0.15, 0.2) is 0 Å². The maximum atomic E-state index is 4.98. The van der Waals surface area contributed by atoms with Gasteiger partial charge in [-0.1, -0.05) is 0 Å². The molecule has 1 aliphatic rings. The number of hydrogen-bond donors (Lipinski definition) is 1. The van der Waals surface area contributed by atoms with Crippen molar-refractivity contribution in [3.05, 3.63) is 5.82 Å². The van der Waals surface area contributed by atoms with Crippen LogP contribution in [0.1, 0.15) is 12.2 Å². The summed E-state index contributed by atoms with van der Waals surface area (Å²) in [6, 6.07) is 0. The average Bonchev–Trinajstić information content (AvgIpc) is 2.97. The molecule has 0 aromatic carbocycles. The highest BCUT2D eigenvalue weighted by Crippen LogP contribution is 2.24. The summed E-state index contributed by atoms with van der Waals surface area (Å²) in [5.41, 5.74) is 0. The minimum absolute atomic E-state index is 0.705. The van der Waals surface area contributed by atoms with E-state index in [9.17, 15) is 0 Å². The molecule has 1 N–H and O–H groups in total. The maximum absolute atomic E-state index is 4.98. The summed E-state index contributed by atoms with van der Waals surface area (Å²) in [4.78, 5) is 0. The number of hydrogen-bond acceptors (Lipinski definition) is 6. The Morgan fingerprint density at radius 2 is 2.53 bits per heavy atom. The van der Waals surface area contributed by atoms with Crippen LogP contribution in [0.5, 0.6) is 0 Å². The molecule has 2 rings (SSSR count). The molecule has 6 nitrogen and oxygen atoms in total. The van der Waals surface area contributed by atoms with Crippen molar-refractivity contribution in [1.82, 2.24) is 25.5 Å². The lowest BCUT2D eigenvalue weighted by Gasteiger charge is -2.09. The Balaban J connectivity index is 1.79. The lowest BCUT2D eigenvalue weighted by atomic mass is 10.1. The maximum Gasteiger partial charge on any atom is 0.165 e. The normalized spacial score (nSPS) is 19.9. The summed E-state index contributed by atoms with van der Waals surface area (Å²) >= 11 is 2.02. The van der Waals surface area contributed by atoms with E-state index in [0.717, 1.165) is 24.8 Å². The molecule has 1 atom stereocenters. The number of methoxy groups -OCH3 is 1. The number of tetrazole rings is 1. The number of thioether (sulfide) groups is 1. The van der Waals surface area contributed by atoms with Gasteiger partial charge in [-0.2, -0.15) is 11.8 Å². The molecule has 1 aliphatic heterocycles. The van der Waals surface area contributed by atoms with E-state index in [0.29, 0.717) is 13.2 Å². The predicted molar refractivity (Wildman–Crippen MR) is 66.8 cm³/mol. The van der Waals surface area contributed by atoms with Gasteiger partial charge in [-0.25, -0.2) is 4.68 Å². The van der Waals surface area contributed by atoms with Crippen LogP contribution in [0.25, 0.3) is 0 Å². The summed E-state index contributed by atoms with van der Waals surface area (Å²) in [7, 11) is 1.70. The Hall–Kier alpha value is -0.660. The smallest absolute Gasteiger partial charge is 0.165 e. The fraction of sp³-hybridized carbons (Fsp3) is 0.900. The van der Waals surface area contributed by atoms with Crippen LogP contribution in [0.4, 0.5) is 0 Å². The standard InChI is InChI=1S/C10H19N5OS/c1-16-4-3-11-6-10-12-13-14-15(10)7-9-2-5-17-8-9/h9,11H,2-8H2,1H3. The number of ether oxygens (including phenoxy) is 1. The average molecular weight is 257 g/mol. The zero-order valence-corrected chi connectivity index (χ0v) is 10.9. The molecule has 0 spiro atoms. The molecule has 0 bridgehead atoms. The van der Waals surface area contributed by atoms with Gasteiger partial charge in [0, 0.05) is 20.2 Å². The number of nitrogens with one attached hydrogen (secondary N) is 1. The highest BCUT2D eigenvalue weighted by atomic mass is 32.2. The van der Waals surface area contributed by atoms with E-state index in [4.69, 9.17) is 4.74 Å². The fourth-order valence-corrected chi connectivity index (χ4v) is 3.11. The lowest BCUT2D eigenvalue weighted by Crippen LogP contribution is -2.22. The third-order valence-corrected chi connectivity index (χ3v) is 4.06. The molecule has 0 saturated carbocycles. The summed E-state index contributed by atoms with van der Waals surface area (Å²) in [6.45, 7) is 3.18. The zero-order chi connectivity index (χ0) is 11.9. The van der Waals surface area contributed by atoms with Crippen molar-refractivity contribution in [1.29, 1.82) is 0 Å². The first-order valence-electron chi connectivity index (χ1n) is 5.92. The Morgan fingerprint density at radius 1 is 1.59 bits per heavy atom. The second kappa shape index (κ2) is 6.93. The Morgan fingerprint density at radius 3 is 3.29 bits per heavy atom. The van der Waals surface area contributed by atoms with Crippen molar-refractivity contribution in [2.75, 3.05) is 31.8 Å². The van der Waals surface area contributed by atoms with E-state index < -0.39 is 0 Å². The van der Waals surface area contributed by atoms with Gasteiger partial charge in [-0.3, -0.25) is 0 Å². The minimum Gasteiger partial charge on any atom is -0.383 e. The molecule has 0 aliphatic carbocycles. The van der Waals surface area contributed by atoms with E-state index in [1.807, 2.05) is 16.4 Å². The highest BCUT2D eigenvalue weighted by molar-refractivity contribution is 7.99. The van der Waals surface area contributed by atoms with E-state index in [1.54, 1.807) is 7.11 Å². The first-order chi connectivity index (χ1) is 8.40. The van der Waals surface area contributed by atoms with Crippen molar-refractivity contribution in [3.8, 4) is 0 Å². The van der Waals surface area contributed by atoms with Gasteiger partial charge in [0.25, 0.3) is 0 Å². The SMILES string of the molecule is COCCNCc1nnnn1CC1CCSC1. The molecule has 7 heteroatoms. The fourth-order valence-electron chi connectivity index (χ4n) is 1.84. The summed E-state index contributed by atoms with van der Waals surface area (Å²) in [5.74, 6) is 4.14. The Kier molecular flexibility index (Phi) is 5.21. The van der Waals surface area contributed by atoms with E-state index in [2.05, 4.69) is 20.8 Å². The highest BCUT2D eigenvalue weighted by Gasteiger charge is 2.18. The second-order valence-electron chi connectivity index (χ2n) is 4.18. The molecule has 1 fully saturated rings. The van der Waals surface area contributed by atoms with Gasteiger partial charge in [0.1, 0.15) is 0 Å². The summed E-state index contributed by atoms with van der Waals surface area (Å²) in [6.07, 6.45) is 1.28. The van der Waals surface area contributed by atoms with Gasteiger partial charge in [-0.15, -0.1) is 5.10 Å².